The first-order valence-corrected chi connectivity index (χ1v) is 27.2. The Bertz CT molecular complexity index is 2230. The first kappa shape index (κ1) is 67.2. The van der Waals surface area contributed by atoms with Crippen LogP contribution in [0.25, 0.3) is 0 Å². The summed E-state index contributed by atoms with van der Waals surface area (Å²) in [5.41, 5.74) is 12.3. The molecular weight excluding hydrogens is 1040 g/mol. The van der Waals surface area contributed by atoms with Crippen molar-refractivity contribution in [2.45, 2.75) is 153 Å². The molecular formula is C50H79N11O16S. The monoisotopic (exact) mass is 1120 g/mol. The van der Waals surface area contributed by atoms with Crippen LogP contribution in [0, 0.1) is 11.8 Å². The minimum absolute atomic E-state index is 0.0501. The number of unbranched alkanes of at least 4 members (excludes halogenated alkanes) is 1. The van der Waals surface area contributed by atoms with Crippen molar-refractivity contribution in [3.8, 4) is 0 Å². The lowest BCUT2D eigenvalue weighted by Gasteiger charge is -2.29. The van der Waals surface area contributed by atoms with Crippen molar-refractivity contribution in [3.05, 3.63) is 35.9 Å². The topological polar surface area (TPSA) is 437 Å². The molecule has 16 N–H and O–H groups in total. The van der Waals surface area contributed by atoms with E-state index < -0.39 is 164 Å². The van der Waals surface area contributed by atoms with E-state index in [9.17, 15) is 72.9 Å². The summed E-state index contributed by atoms with van der Waals surface area (Å²) >= 11 is 1.29. The lowest BCUT2D eigenvalue weighted by Crippen LogP contribution is -2.61. The van der Waals surface area contributed by atoms with E-state index >= 15 is 0 Å². The van der Waals surface area contributed by atoms with E-state index in [0.717, 1.165) is 0 Å². The van der Waals surface area contributed by atoms with Crippen molar-refractivity contribution in [2.24, 2.45) is 23.3 Å². The van der Waals surface area contributed by atoms with Gasteiger partial charge < -0.3 is 79.3 Å². The zero-order valence-electron chi connectivity index (χ0n) is 44.7. The molecule has 0 unspecified atom stereocenters. The number of aliphatic hydroxyl groups is 1. The number of carbonyl (C=O) groups excluding carboxylic acids is 9. The highest BCUT2D eigenvalue weighted by Gasteiger charge is 2.40. The average Bonchev–Trinajstić information content (AvgIpc) is 3.90. The van der Waals surface area contributed by atoms with Crippen molar-refractivity contribution in [3.63, 3.8) is 0 Å². The summed E-state index contributed by atoms with van der Waals surface area (Å²) in [6.45, 7) is 5.36. The second kappa shape index (κ2) is 34.8. The van der Waals surface area contributed by atoms with Gasteiger partial charge in [0, 0.05) is 19.4 Å². The number of nitrogens with zero attached hydrogens (tertiary/aromatic N) is 1. The summed E-state index contributed by atoms with van der Waals surface area (Å²) in [6, 6.07) is -4.47. The van der Waals surface area contributed by atoms with Gasteiger partial charge in [0.05, 0.1) is 19.1 Å². The molecule has 0 saturated carbocycles. The van der Waals surface area contributed by atoms with Crippen LogP contribution < -0.4 is 54.0 Å². The Morgan fingerprint density at radius 3 is 1.74 bits per heavy atom. The number of carboxylic acid groups (broad SMARTS) is 3. The predicted molar refractivity (Wildman–Crippen MR) is 283 cm³/mol. The second-order valence-corrected chi connectivity index (χ2v) is 20.3. The third-order valence-electron chi connectivity index (χ3n) is 12.9. The highest BCUT2D eigenvalue weighted by molar-refractivity contribution is 7.98. The van der Waals surface area contributed by atoms with Crippen molar-refractivity contribution in [1.82, 2.24) is 47.4 Å². The van der Waals surface area contributed by atoms with Gasteiger partial charge in [0.2, 0.25) is 53.2 Å². The number of aliphatic hydroxyl groups excluding tert-OH is 1. The molecule has 9 amide bonds. The SMILES string of the molecule is CC[C@H](C)[C@H](NC(=O)[C@H](CCC(=O)O)NC(=O)[C@H](Cc1ccccc1)NC(=O)[C@H](CCCCN)NC(=O)[C@H](CCSC)NC(=O)[C@H](CO)NC(=O)[C@H](CC(=O)O)NC(=O)[C@@H]1CCCN1C(=O)[C@@H](N)C(C)C)C(=O)NCC(=O)O. The van der Waals surface area contributed by atoms with Gasteiger partial charge in [-0.15, -0.1) is 0 Å². The molecule has 436 valence electrons. The summed E-state index contributed by atoms with van der Waals surface area (Å²) in [7, 11) is 0. The van der Waals surface area contributed by atoms with Crippen LogP contribution >= 0.6 is 11.8 Å². The van der Waals surface area contributed by atoms with E-state index in [1.54, 1.807) is 64.3 Å². The number of nitrogens with two attached hydrogens (primary N) is 2. The normalized spacial score (nSPS) is 16.5. The van der Waals surface area contributed by atoms with Gasteiger partial charge in [0.25, 0.3) is 0 Å². The fourth-order valence-electron chi connectivity index (χ4n) is 8.08. The molecule has 2 rings (SSSR count). The van der Waals surface area contributed by atoms with Gasteiger partial charge in [-0.3, -0.25) is 57.5 Å². The minimum atomic E-state index is -1.80. The molecule has 1 aliphatic rings. The highest BCUT2D eigenvalue weighted by atomic mass is 32.2. The van der Waals surface area contributed by atoms with Crippen LogP contribution in [-0.4, -0.2) is 189 Å². The van der Waals surface area contributed by atoms with Gasteiger partial charge in [-0.1, -0.05) is 64.4 Å². The number of carboxylic acids is 3. The van der Waals surface area contributed by atoms with Crippen LogP contribution in [-0.2, 0) is 64.0 Å². The third-order valence-corrected chi connectivity index (χ3v) is 13.5. The second-order valence-electron chi connectivity index (χ2n) is 19.3. The Balaban J connectivity index is 2.42. The smallest absolute Gasteiger partial charge is 0.322 e. The number of aliphatic carboxylic acids is 3. The molecule has 78 heavy (non-hydrogen) atoms. The quantitative estimate of drug-likeness (QED) is 0.0299. The fraction of sp³-hybridized carbons (Fsp3) is 0.640. The molecule has 0 radical (unpaired) electrons. The number of thioether (sulfide) groups is 1. The van der Waals surface area contributed by atoms with Gasteiger partial charge in [0.1, 0.15) is 54.9 Å². The molecule has 27 nitrogen and oxygen atoms in total. The number of likely N-dealkylation sites (tertiary alicyclic amines) is 1. The zero-order valence-corrected chi connectivity index (χ0v) is 45.6. The van der Waals surface area contributed by atoms with Crippen molar-refractivity contribution in [1.29, 1.82) is 0 Å². The first-order chi connectivity index (χ1) is 36.9. The summed E-state index contributed by atoms with van der Waals surface area (Å²) < 4.78 is 0. The molecule has 1 heterocycles. The number of carbonyl (C=O) groups is 12. The molecule has 1 aromatic rings. The van der Waals surface area contributed by atoms with Crippen molar-refractivity contribution in [2.75, 3.05) is 38.2 Å². The van der Waals surface area contributed by atoms with Gasteiger partial charge in [-0.25, -0.2) is 0 Å². The van der Waals surface area contributed by atoms with E-state index in [4.69, 9.17) is 16.6 Å². The van der Waals surface area contributed by atoms with Gasteiger partial charge in [-0.2, -0.15) is 11.8 Å². The zero-order chi connectivity index (χ0) is 58.6. The average molecular weight is 1120 g/mol. The van der Waals surface area contributed by atoms with Crippen LogP contribution in [0.5, 0.6) is 0 Å². The Morgan fingerprint density at radius 2 is 1.21 bits per heavy atom. The van der Waals surface area contributed by atoms with Crippen LogP contribution in [0.4, 0.5) is 0 Å². The third kappa shape index (κ3) is 23.0. The molecule has 10 atom stereocenters. The fourth-order valence-corrected chi connectivity index (χ4v) is 8.55. The number of hydrogen-bond acceptors (Lipinski definition) is 16. The predicted octanol–water partition coefficient (Wildman–Crippen LogP) is -2.94. The standard InChI is InChI=1S/C50H79N11O16S/c1-6-28(4)41(49(76)53-25-39(67)68)60-44(71)31(17-18-37(63)64)55-45(72)33(23-29-13-8-7-9-14-29)57-42(69)30(15-10-11-20-51)54-43(70)32(19-22-78-5)56-47(74)35(26-62)59-46(73)34(24-38(65)66)58-48(75)36-16-12-21-61(36)50(77)40(52)27(2)3/h7-9,13-14,27-28,30-36,40-41,62H,6,10-12,15-26,51-52H2,1-5H3,(H,53,76)(H,54,70)(H,55,72)(H,56,74)(H,57,69)(H,58,75)(H,59,73)(H,60,71)(H,63,64)(H,65,66)(H,67,68)/t28-,30-,31-,32-,33-,34-,35-,36-,40-,41-/m0/s1. The van der Waals surface area contributed by atoms with Crippen LogP contribution in [0.15, 0.2) is 30.3 Å². The minimum Gasteiger partial charge on any atom is -0.481 e. The maximum Gasteiger partial charge on any atom is 0.322 e. The molecule has 1 aromatic carbocycles. The molecule has 0 spiro atoms. The summed E-state index contributed by atoms with van der Waals surface area (Å²) in [5.74, 6) is -12.9. The van der Waals surface area contributed by atoms with Gasteiger partial charge >= 0.3 is 17.9 Å². The van der Waals surface area contributed by atoms with Crippen molar-refractivity contribution < 1.29 is 78.0 Å². The molecule has 1 aliphatic heterocycles. The van der Waals surface area contributed by atoms with Crippen LogP contribution in [0.2, 0.25) is 0 Å². The van der Waals surface area contributed by atoms with E-state index in [2.05, 4.69) is 42.5 Å². The Labute approximate surface area is 457 Å². The molecule has 1 saturated heterocycles. The summed E-state index contributed by atoms with van der Waals surface area (Å²) in [5, 5.41) is 58.1. The maximum atomic E-state index is 14.3. The number of nitrogens with one attached hydrogen (secondary N) is 8. The van der Waals surface area contributed by atoms with Gasteiger partial charge in [-0.05, 0) is 80.9 Å². The summed E-state index contributed by atoms with van der Waals surface area (Å²) in [6.07, 6.45) is 0.993. The Hall–Kier alpha value is -6.91. The van der Waals surface area contributed by atoms with Crippen molar-refractivity contribution >= 4 is 82.8 Å². The van der Waals surface area contributed by atoms with Crippen LogP contribution in [0.1, 0.15) is 97.5 Å². The Kier molecular flexibility index (Phi) is 30.0. The molecule has 1 fully saturated rings. The van der Waals surface area contributed by atoms with Crippen LogP contribution in [0.3, 0.4) is 0 Å². The Morgan fingerprint density at radius 1 is 0.667 bits per heavy atom. The van der Waals surface area contributed by atoms with Gasteiger partial charge in [0.15, 0.2) is 0 Å². The largest absolute Gasteiger partial charge is 0.481 e. The van der Waals surface area contributed by atoms with E-state index in [-0.39, 0.29) is 56.9 Å². The van der Waals surface area contributed by atoms with E-state index in [1.807, 2.05) is 0 Å². The molecule has 0 aromatic heterocycles. The lowest BCUT2D eigenvalue weighted by molar-refractivity contribution is -0.143. The highest BCUT2D eigenvalue weighted by Crippen LogP contribution is 2.20. The molecule has 0 aliphatic carbocycles. The first-order valence-electron chi connectivity index (χ1n) is 25.8. The molecule has 28 heteroatoms. The molecule has 0 bridgehead atoms. The number of rotatable bonds is 36. The number of amides is 9. The maximum absolute atomic E-state index is 14.3. The number of hydrogen-bond donors (Lipinski definition) is 14. The number of benzene rings is 1. The van der Waals surface area contributed by atoms with E-state index in [0.29, 0.717) is 24.8 Å². The summed E-state index contributed by atoms with van der Waals surface area (Å²) in [4.78, 5) is 160. The lowest BCUT2D eigenvalue weighted by atomic mass is 9.97. The van der Waals surface area contributed by atoms with E-state index in [1.165, 1.54) is 16.7 Å².